The van der Waals surface area contributed by atoms with Crippen LogP contribution in [0.5, 0.6) is 0 Å². The summed E-state index contributed by atoms with van der Waals surface area (Å²) in [6.07, 6.45) is 5.72. The maximum absolute atomic E-state index is 12.0. The molecule has 29 heavy (non-hydrogen) atoms. The highest BCUT2D eigenvalue weighted by Gasteiger charge is 2.10. The van der Waals surface area contributed by atoms with E-state index in [4.69, 9.17) is 0 Å². The summed E-state index contributed by atoms with van der Waals surface area (Å²) in [7, 11) is 0. The van der Waals surface area contributed by atoms with Crippen LogP contribution in [0.2, 0.25) is 0 Å². The second kappa shape index (κ2) is 9.74. The van der Waals surface area contributed by atoms with Gasteiger partial charge in [0.25, 0.3) is 5.56 Å². The quantitative estimate of drug-likeness (QED) is 0.500. The van der Waals surface area contributed by atoms with Crippen LogP contribution in [0.3, 0.4) is 0 Å². The van der Waals surface area contributed by atoms with E-state index in [1.54, 1.807) is 35.3 Å². The highest BCUT2D eigenvalue weighted by Crippen LogP contribution is 2.11. The van der Waals surface area contributed by atoms with Crippen LogP contribution in [0.1, 0.15) is 17.7 Å². The minimum absolute atomic E-state index is 0.0870. The number of nitrogens with zero attached hydrogens (tertiary/aromatic N) is 5. The van der Waals surface area contributed by atoms with E-state index in [1.807, 2.05) is 26.0 Å². The Morgan fingerprint density at radius 3 is 2.55 bits per heavy atom. The molecule has 0 radical (unpaired) electrons. The van der Waals surface area contributed by atoms with Gasteiger partial charge in [0.05, 0.1) is 23.8 Å². The third-order valence-corrected chi connectivity index (χ3v) is 4.42. The van der Waals surface area contributed by atoms with Crippen molar-refractivity contribution in [2.75, 3.05) is 30.3 Å². The average molecular weight is 395 g/mol. The fourth-order valence-corrected chi connectivity index (χ4v) is 2.79. The van der Waals surface area contributed by atoms with Crippen LogP contribution >= 0.6 is 0 Å². The van der Waals surface area contributed by atoms with Gasteiger partial charge >= 0.3 is 0 Å². The van der Waals surface area contributed by atoms with Crippen LogP contribution in [0.25, 0.3) is 5.69 Å². The van der Waals surface area contributed by atoms with Gasteiger partial charge in [-0.05, 0) is 43.9 Å². The maximum atomic E-state index is 12.0. The fourth-order valence-electron chi connectivity index (χ4n) is 2.79. The monoisotopic (exact) mass is 395 g/mol. The molecule has 0 saturated carbocycles. The molecular weight excluding hydrogens is 370 g/mol. The Bertz CT molecular complexity index is 971. The zero-order chi connectivity index (χ0) is 20.6. The molecular formula is C20H25N7O2. The molecule has 0 aliphatic rings. The van der Waals surface area contributed by atoms with Gasteiger partial charge in [0.2, 0.25) is 5.95 Å². The molecule has 0 fully saturated rings. The summed E-state index contributed by atoms with van der Waals surface area (Å²) >= 11 is 0. The molecule has 152 valence electrons. The first-order valence-electron chi connectivity index (χ1n) is 9.46. The van der Waals surface area contributed by atoms with Gasteiger partial charge in [0.1, 0.15) is 5.82 Å². The number of nitrogens with one attached hydrogen (secondary N) is 2. The van der Waals surface area contributed by atoms with Gasteiger partial charge in [-0.15, -0.1) is 5.10 Å². The summed E-state index contributed by atoms with van der Waals surface area (Å²) in [4.78, 5) is 20.6. The molecule has 1 unspecified atom stereocenters. The third kappa shape index (κ3) is 5.82. The molecule has 0 saturated heterocycles. The van der Waals surface area contributed by atoms with Crippen molar-refractivity contribution >= 4 is 11.8 Å². The summed E-state index contributed by atoms with van der Waals surface area (Å²) in [5, 5.41) is 23.7. The molecule has 3 aromatic heterocycles. The summed E-state index contributed by atoms with van der Waals surface area (Å²) in [5.74, 6) is 1.31. The first-order chi connectivity index (χ1) is 14.0. The van der Waals surface area contributed by atoms with Crippen molar-refractivity contribution in [3.8, 4) is 5.69 Å². The molecule has 9 nitrogen and oxygen atoms in total. The zero-order valence-electron chi connectivity index (χ0n) is 16.5. The number of anilines is 2. The van der Waals surface area contributed by atoms with Gasteiger partial charge in [-0.1, -0.05) is 6.07 Å². The number of hydrogen-bond acceptors (Lipinski definition) is 8. The molecule has 0 aliphatic heterocycles. The number of aromatic nitrogens is 5. The summed E-state index contributed by atoms with van der Waals surface area (Å²) in [5.41, 5.74) is 2.37. The predicted molar refractivity (Wildman–Crippen MR) is 111 cm³/mol. The smallest absolute Gasteiger partial charge is 0.255 e. The Morgan fingerprint density at radius 1 is 1.03 bits per heavy atom. The Kier molecular flexibility index (Phi) is 6.85. The molecule has 0 bridgehead atoms. The largest absolute Gasteiger partial charge is 0.396 e. The number of aliphatic hydroxyl groups is 1. The van der Waals surface area contributed by atoms with Crippen molar-refractivity contribution in [3.63, 3.8) is 0 Å². The van der Waals surface area contributed by atoms with Crippen LogP contribution in [0.15, 0.2) is 47.7 Å². The molecule has 3 aromatic rings. The zero-order valence-corrected chi connectivity index (χ0v) is 16.5. The second-order valence-electron chi connectivity index (χ2n) is 6.88. The molecule has 0 aromatic carbocycles. The van der Waals surface area contributed by atoms with Crippen LogP contribution in [-0.2, 0) is 0 Å². The Balaban J connectivity index is 1.58. The van der Waals surface area contributed by atoms with E-state index >= 15 is 0 Å². The minimum atomic E-state index is -0.0972. The van der Waals surface area contributed by atoms with Gasteiger partial charge in [-0.3, -0.25) is 9.36 Å². The SMILES string of the molecule is Cc1ccc(=O)n(-c2ccc(NCC(CCO)CNc3ncc(C)nn3)nc2)c1. The lowest BCUT2D eigenvalue weighted by atomic mass is 10.1. The Labute approximate surface area is 168 Å². The van der Waals surface area contributed by atoms with E-state index in [0.717, 1.165) is 11.3 Å². The molecule has 0 amide bonds. The number of pyridine rings is 2. The summed E-state index contributed by atoms with van der Waals surface area (Å²) in [6.45, 7) is 5.06. The minimum Gasteiger partial charge on any atom is -0.396 e. The molecule has 3 N–H and O–H groups in total. The summed E-state index contributed by atoms with van der Waals surface area (Å²) < 4.78 is 1.57. The van der Waals surface area contributed by atoms with Crippen LogP contribution < -0.4 is 16.2 Å². The highest BCUT2D eigenvalue weighted by atomic mass is 16.3. The summed E-state index contributed by atoms with van der Waals surface area (Å²) in [6, 6.07) is 7.01. The normalized spacial score (nSPS) is 11.8. The van der Waals surface area contributed by atoms with E-state index in [9.17, 15) is 9.90 Å². The number of aryl methyl sites for hydroxylation is 2. The van der Waals surface area contributed by atoms with E-state index in [1.165, 1.54) is 0 Å². The highest BCUT2D eigenvalue weighted by molar-refractivity contribution is 5.41. The fraction of sp³-hybridized carbons (Fsp3) is 0.350. The molecule has 9 heteroatoms. The van der Waals surface area contributed by atoms with Crippen LogP contribution in [-0.4, -0.2) is 49.5 Å². The Hall–Kier alpha value is -3.33. The molecule has 3 heterocycles. The number of aliphatic hydroxyl groups excluding tert-OH is 1. The van der Waals surface area contributed by atoms with Crippen molar-refractivity contribution in [1.82, 2.24) is 24.7 Å². The topological polar surface area (TPSA) is 118 Å². The predicted octanol–water partition coefficient (Wildman–Crippen LogP) is 1.56. The van der Waals surface area contributed by atoms with Crippen molar-refractivity contribution in [3.05, 3.63) is 64.5 Å². The van der Waals surface area contributed by atoms with Crippen molar-refractivity contribution in [1.29, 1.82) is 0 Å². The lowest BCUT2D eigenvalue weighted by molar-refractivity contribution is 0.263. The van der Waals surface area contributed by atoms with Crippen molar-refractivity contribution < 1.29 is 5.11 Å². The third-order valence-electron chi connectivity index (χ3n) is 4.42. The lowest BCUT2D eigenvalue weighted by Gasteiger charge is -2.17. The number of hydrogen-bond donors (Lipinski definition) is 3. The van der Waals surface area contributed by atoms with Gasteiger partial charge in [-0.25, -0.2) is 9.97 Å². The lowest BCUT2D eigenvalue weighted by Crippen LogP contribution is -2.24. The van der Waals surface area contributed by atoms with Crippen LogP contribution in [0.4, 0.5) is 11.8 Å². The molecule has 0 aliphatic carbocycles. The van der Waals surface area contributed by atoms with E-state index in [-0.39, 0.29) is 18.1 Å². The average Bonchev–Trinajstić information content (AvgIpc) is 2.73. The van der Waals surface area contributed by atoms with E-state index in [0.29, 0.717) is 37.0 Å². The van der Waals surface area contributed by atoms with E-state index < -0.39 is 0 Å². The van der Waals surface area contributed by atoms with Crippen LogP contribution in [0, 0.1) is 19.8 Å². The molecule has 1 atom stereocenters. The van der Waals surface area contributed by atoms with Gasteiger partial charge in [0.15, 0.2) is 0 Å². The van der Waals surface area contributed by atoms with Gasteiger partial charge < -0.3 is 15.7 Å². The van der Waals surface area contributed by atoms with Gasteiger partial charge in [-0.2, -0.15) is 5.10 Å². The first kappa shape index (κ1) is 20.4. The molecule has 0 spiro atoms. The maximum Gasteiger partial charge on any atom is 0.255 e. The first-order valence-corrected chi connectivity index (χ1v) is 9.46. The number of rotatable bonds is 9. The van der Waals surface area contributed by atoms with E-state index in [2.05, 4.69) is 30.8 Å². The van der Waals surface area contributed by atoms with Crippen molar-refractivity contribution in [2.24, 2.45) is 5.92 Å². The standard InChI is InChI=1S/C20H25N7O2/c1-14-3-6-19(29)27(13-14)17-4-5-18(22-12-17)21-10-16(7-8-28)11-24-20-23-9-15(2)25-26-20/h3-6,9,12-13,16,28H,7-8,10-11H2,1-2H3,(H,21,22)(H,23,24,26). The Morgan fingerprint density at radius 2 is 1.86 bits per heavy atom. The molecule has 3 rings (SSSR count). The second-order valence-corrected chi connectivity index (χ2v) is 6.88. The van der Waals surface area contributed by atoms with Crippen molar-refractivity contribution in [2.45, 2.75) is 20.3 Å². The van der Waals surface area contributed by atoms with Gasteiger partial charge in [0, 0.05) is 32.0 Å².